The molecule has 1 aliphatic rings. The molecule has 1 fully saturated rings. The van der Waals surface area contributed by atoms with Crippen LogP contribution in [-0.2, 0) is 22.6 Å². The molecule has 0 spiro atoms. The van der Waals surface area contributed by atoms with Crippen molar-refractivity contribution < 1.29 is 9.59 Å². The Bertz CT molecular complexity index is 807. The van der Waals surface area contributed by atoms with E-state index in [4.69, 9.17) is 11.6 Å². The van der Waals surface area contributed by atoms with E-state index >= 15 is 0 Å². The molecule has 27 heavy (non-hydrogen) atoms. The van der Waals surface area contributed by atoms with Gasteiger partial charge in [-0.2, -0.15) is 0 Å². The first-order valence-electron chi connectivity index (χ1n) is 9.12. The minimum Gasteiger partial charge on any atom is -0.341 e. The Morgan fingerprint density at radius 3 is 2.67 bits per heavy atom. The van der Waals surface area contributed by atoms with E-state index in [0.29, 0.717) is 19.5 Å². The first-order valence-corrected chi connectivity index (χ1v) is 9.49. The molecule has 0 saturated carbocycles. The third-order valence-electron chi connectivity index (χ3n) is 4.64. The van der Waals surface area contributed by atoms with Gasteiger partial charge in [0.25, 0.3) is 0 Å². The quantitative estimate of drug-likeness (QED) is 0.769. The van der Waals surface area contributed by atoms with Crippen molar-refractivity contribution in [3.63, 3.8) is 0 Å². The molecular formula is C21H24ClN3O2. The third kappa shape index (κ3) is 5.81. The lowest BCUT2D eigenvalue weighted by Crippen LogP contribution is -2.33. The molecule has 1 heterocycles. The number of hydrogen-bond donors (Lipinski definition) is 2. The molecule has 0 aromatic heterocycles. The van der Waals surface area contributed by atoms with Crippen LogP contribution in [0.4, 0.5) is 5.69 Å². The van der Waals surface area contributed by atoms with Crippen LogP contribution >= 0.6 is 11.6 Å². The normalized spacial score (nSPS) is 16.6. The Labute approximate surface area is 164 Å². The highest BCUT2D eigenvalue weighted by atomic mass is 35.5. The van der Waals surface area contributed by atoms with Crippen LogP contribution in [0.2, 0.25) is 5.02 Å². The summed E-state index contributed by atoms with van der Waals surface area (Å²) in [5.41, 5.74) is 3.05. The van der Waals surface area contributed by atoms with Crippen molar-refractivity contribution in [1.29, 1.82) is 0 Å². The van der Waals surface area contributed by atoms with Gasteiger partial charge in [0.05, 0.1) is 0 Å². The van der Waals surface area contributed by atoms with E-state index in [1.54, 1.807) is 0 Å². The number of rotatable bonds is 7. The first kappa shape index (κ1) is 19.4. The maximum atomic E-state index is 12.3. The zero-order valence-electron chi connectivity index (χ0n) is 15.4. The van der Waals surface area contributed by atoms with E-state index in [-0.39, 0.29) is 17.9 Å². The van der Waals surface area contributed by atoms with Gasteiger partial charge in [-0.1, -0.05) is 35.9 Å². The second-order valence-corrected chi connectivity index (χ2v) is 7.32. The van der Waals surface area contributed by atoms with E-state index in [0.717, 1.165) is 34.8 Å². The van der Waals surface area contributed by atoms with Crippen molar-refractivity contribution in [1.82, 2.24) is 10.2 Å². The van der Waals surface area contributed by atoms with Crippen molar-refractivity contribution >= 4 is 29.1 Å². The zero-order valence-corrected chi connectivity index (χ0v) is 16.1. The zero-order chi connectivity index (χ0) is 19.2. The minimum atomic E-state index is -0.0804. The van der Waals surface area contributed by atoms with Gasteiger partial charge < -0.3 is 15.5 Å². The van der Waals surface area contributed by atoms with Crippen LogP contribution in [0.3, 0.4) is 0 Å². The van der Waals surface area contributed by atoms with E-state index in [2.05, 4.69) is 10.6 Å². The average Bonchev–Trinajstić information content (AvgIpc) is 2.99. The third-order valence-corrected chi connectivity index (χ3v) is 4.88. The van der Waals surface area contributed by atoms with E-state index in [1.807, 2.05) is 53.4 Å². The van der Waals surface area contributed by atoms with Crippen LogP contribution in [0.15, 0.2) is 48.5 Å². The summed E-state index contributed by atoms with van der Waals surface area (Å²) >= 11 is 6.01. The number of carbonyl (C=O) groups excluding carboxylic acids is 2. The van der Waals surface area contributed by atoms with Crippen LogP contribution in [0, 0.1) is 0 Å². The highest BCUT2D eigenvalue weighted by Gasteiger charge is 2.28. The highest BCUT2D eigenvalue weighted by Crippen LogP contribution is 2.16. The van der Waals surface area contributed by atoms with Gasteiger partial charge in [-0.15, -0.1) is 0 Å². The number of amides is 2. The van der Waals surface area contributed by atoms with E-state index in [9.17, 15) is 9.59 Å². The lowest BCUT2D eigenvalue weighted by atomic mass is 10.1. The second-order valence-electron chi connectivity index (χ2n) is 6.88. The Balaban J connectivity index is 1.45. The molecule has 1 saturated heterocycles. The van der Waals surface area contributed by atoms with Gasteiger partial charge in [0.1, 0.15) is 0 Å². The molecule has 2 aromatic rings. The molecule has 6 heteroatoms. The molecule has 142 valence electrons. The summed E-state index contributed by atoms with van der Waals surface area (Å²) in [6.45, 7) is 3.62. The average molecular weight is 386 g/mol. The molecule has 0 unspecified atom stereocenters. The molecular weight excluding hydrogens is 362 g/mol. The van der Waals surface area contributed by atoms with Gasteiger partial charge in [-0.05, 0) is 41.8 Å². The fraction of sp³-hybridized carbons (Fsp3) is 0.333. The van der Waals surface area contributed by atoms with Gasteiger partial charge in [-0.3, -0.25) is 9.59 Å². The smallest absolute Gasteiger partial charge is 0.224 e. The summed E-state index contributed by atoms with van der Waals surface area (Å²) in [7, 11) is 0. The standard InChI is InChI=1S/C21H24ClN3O2/c1-15(26)24-19-7-5-17(6-8-19)13-23-20-12-21(27)25(14-20)10-9-16-3-2-4-18(22)11-16/h2-8,11,20,23H,9-10,12-14H2,1H3,(H,24,26)/t20-/m1/s1. The molecule has 1 atom stereocenters. The second kappa shape index (κ2) is 9.02. The number of carbonyl (C=O) groups is 2. The maximum absolute atomic E-state index is 12.3. The predicted octanol–water partition coefficient (Wildman–Crippen LogP) is 3.23. The van der Waals surface area contributed by atoms with E-state index < -0.39 is 0 Å². The number of nitrogens with one attached hydrogen (secondary N) is 2. The van der Waals surface area contributed by atoms with Crippen molar-refractivity contribution in [3.8, 4) is 0 Å². The summed E-state index contributed by atoms with van der Waals surface area (Å²) in [6, 6.07) is 15.7. The number of likely N-dealkylation sites (tertiary alicyclic amines) is 1. The molecule has 1 aliphatic heterocycles. The Morgan fingerprint density at radius 2 is 1.96 bits per heavy atom. The van der Waals surface area contributed by atoms with Gasteiger partial charge >= 0.3 is 0 Å². The number of hydrogen-bond acceptors (Lipinski definition) is 3. The number of nitrogens with zero attached hydrogens (tertiary/aromatic N) is 1. The van der Waals surface area contributed by atoms with Crippen LogP contribution in [0.5, 0.6) is 0 Å². The summed E-state index contributed by atoms with van der Waals surface area (Å²) in [5.74, 6) is 0.110. The molecule has 0 radical (unpaired) electrons. The van der Waals surface area contributed by atoms with Crippen LogP contribution in [-0.4, -0.2) is 35.8 Å². The Kier molecular flexibility index (Phi) is 6.48. The first-order chi connectivity index (χ1) is 13.0. The topological polar surface area (TPSA) is 61.4 Å². The fourth-order valence-corrected chi connectivity index (χ4v) is 3.47. The van der Waals surface area contributed by atoms with Crippen molar-refractivity contribution in [3.05, 3.63) is 64.7 Å². The van der Waals surface area contributed by atoms with Gasteiger partial charge in [0.2, 0.25) is 11.8 Å². The lowest BCUT2D eigenvalue weighted by molar-refractivity contribution is -0.127. The van der Waals surface area contributed by atoms with Crippen LogP contribution in [0.1, 0.15) is 24.5 Å². The van der Waals surface area contributed by atoms with Crippen LogP contribution < -0.4 is 10.6 Å². The molecule has 3 rings (SSSR count). The summed E-state index contributed by atoms with van der Waals surface area (Å²) < 4.78 is 0. The van der Waals surface area contributed by atoms with Crippen molar-refractivity contribution in [2.24, 2.45) is 0 Å². The van der Waals surface area contributed by atoms with Crippen LogP contribution in [0.25, 0.3) is 0 Å². The maximum Gasteiger partial charge on any atom is 0.224 e. The SMILES string of the molecule is CC(=O)Nc1ccc(CN[C@@H]2CC(=O)N(CCc3cccc(Cl)c3)C2)cc1. The van der Waals surface area contributed by atoms with Gasteiger partial charge in [0.15, 0.2) is 0 Å². The molecule has 0 aliphatic carbocycles. The summed E-state index contributed by atoms with van der Waals surface area (Å²) in [6.07, 6.45) is 1.34. The number of anilines is 1. The van der Waals surface area contributed by atoms with Crippen molar-refractivity contribution in [2.45, 2.75) is 32.4 Å². The summed E-state index contributed by atoms with van der Waals surface area (Å²) in [5, 5.41) is 6.93. The number of benzene rings is 2. The number of halogens is 1. The molecule has 2 aromatic carbocycles. The highest BCUT2D eigenvalue weighted by molar-refractivity contribution is 6.30. The Morgan fingerprint density at radius 1 is 1.19 bits per heavy atom. The predicted molar refractivity (Wildman–Crippen MR) is 108 cm³/mol. The lowest BCUT2D eigenvalue weighted by Gasteiger charge is -2.17. The van der Waals surface area contributed by atoms with Crippen molar-refractivity contribution in [2.75, 3.05) is 18.4 Å². The molecule has 2 amide bonds. The monoisotopic (exact) mass is 385 g/mol. The molecule has 5 nitrogen and oxygen atoms in total. The summed E-state index contributed by atoms with van der Waals surface area (Å²) in [4.78, 5) is 25.2. The minimum absolute atomic E-state index is 0.0804. The van der Waals surface area contributed by atoms with Gasteiger partial charge in [-0.25, -0.2) is 0 Å². The Hall–Kier alpha value is -2.37. The van der Waals surface area contributed by atoms with E-state index in [1.165, 1.54) is 6.92 Å². The molecule has 2 N–H and O–H groups in total. The fourth-order valence-electron chi connectivity index (χ4n) is 3.25. The van der Waals surface area contributed by atoms with Gasteiger partial charge in [0, 0.05) is 49.7 Å². The molecule has 0 bridgehead atoms. The largest absolute Gasteiger partial charge is 0.341 e.